The summed E-state index contributed by atoms with van der Waals surface area (Å²) < 4.78 is 32.9. The number of rotatable bonds is 47. The number of phosphoric acid groups is 1. The van der Waals surface area contributed by atoms with Crippen molar-refractivity contribution in [2.24, 2.45) is 5.73 Å². The SMILES string of the molecule is CC/C=C\C/C=C\C/C=C\C/C=C\C/C=C\C/C=C\C/C=C\C/C=C\CCCCCCCCCCC(=O)OC(COC(=O)CCCC/C=C\C/C=C\C/C=C\C/C=C\CC)COP(=O)(O)OCCN. The third-order valence-electron chi connectivity index (χ3n) is 10.2. The van der Waals surface area contributed by atoms with Crippen LogP contribution < -0.4 is 5.73 Å². The van der Waals surface area contributed by atoms with Gasteiger partial charge in [0.25, 0.3) is 0 Å². The number of ether oxygens (including phenoxy) is 2. The third kappa shape index (κ3) is 53.1. The zero-order valence-electron chi connectivity index (χ0n) is 43.0. The lowest BCUT2D eigenvalue weighted by molar-refractivity contribution is -0.161. The molecule has 9 nitrogen and oxygen atoms in total. The quantitative estimate of drug-likeness (QED) is 0.0264. The number of esters is 2. The summed E-state index contributed by atoms with van der Waals surface area (Å²) in [5.41, 5.74) is 5.36. The van der Waals surface area contributed by atoms with Gasteiger partial charge in [0, 0.05) is 19.4 Å². The monoisotopic (exact) mass is 976 g/mol. The van der Waals surface area contributed by atoms with E-state index in [4.69, 9.17) is 24.3 Å². The van der Waals surface area contributed by atoms with Crippen molar-refractivity contribution >= 4 is 19.8 Å². The molecule has 10 heteroatoms. The van der Waals surface area contributed by atoms with Gasteiger partial charge in [-0.15, -0.1) is 0 Å². The fourth-order valence-corrected chi connectivity index (χ4v) is 7.17. The lowest BCUT2D eigenvalue weighted by atomic mass is 10.1. The highest BCUT2D eigenvalue weighted by Crippen LogP contribution is 2.43. The summed E-state index contributed by atoms with van der Waals surface area (Å²) in [7, 11) is -4.41. The number of nitrogens with two attached hydrogens (primary N) is 1. The van der Waals surface area contributed by atoms with Crippen LogP contribution in [-0.2, 0) is 32.7 Å². The van der Waals surface area contributed by atoms with E-state index in [1.165, 1.54) is 25.7 Å². The molecule has 0 aliphatic carbocycles. The number of hydrogen-bond acceptors (Lipinski definition) is 8. The van der Waals surface area contributed by atoms with Crippen molar-refractivity contribution in [3.8, 4) is 0 Å². The van der Waals surface area contributed by atoms with Gasteiger partial charge in [0.1, 0.15) is 6.61 Å². The van der Waals surface area contributed by atoms with Crippen molar-refractivity contribution in [1.82, 2.24) is 0 Å². The van der Waals surface area contributed by atoms with Crippen LogP contribution in [0.1, 0.15) is 181 Å². The number of phosphoric ester groups is 1. The van der Waals surface area contributed by atoms with Gasteiger partial charge in [0.15, 0.2) is 6.10 Å². The van der Waals surface area contributed by atoms with Gasteiger partial charge < -0.3 is 20.1 Å². The van der Waals surface area contributed by atoms with Gasteiger partial charge in [-0.3, -0.25) is 18.6 Å². The van der Waals surface area contributed by atoms with Crippen LogP contribution >= 0.6 is 7.82 Å². The smallest absolute Gasteiger partial charge is 0.462 e. The molecule has 0 aromatic heterocycles. The Morgan fingerprint density at radius 3 is 1.14 bits per heavy atom. The van der Waals surface area contributed by atoms with Crippen molar-refractivity contribution in [3.05, 3.63) is 146 Å². The van der Waals surface area contributed by atoms with Crippen molar-refractivity contribution in [1.29, 1.82) is 0 Å². The lowest BCUT2D eigenvalue weighted by Crippen LogP contribution is -2.29. The fourth-order valence-electron chi connectivity index (χ4n) is 6.40. The topological polar surface area (TPSA) is 134 Å². The molecule has 0 saturated carbocycles. The van der Waals surface area contributed by atoms with Crippen LogP contribution in [0.5, 0.6) is 0 Å². The van der Waals surface area contributed by atoms with Gasteiger partial charge in [-0.05, 0) is 116 Å². The molecule has 0 fully saturated rings. The normalized spacial score (nSPS) is 14.3. The summed E-state index contributed by atoms with van der Waals surface area (Å²) in [4.78, 5) is 35.0. The van der Waals surface area contributed by atoms with E-state index in [9.17, 15) is 19.0 Å². The Balaban J connectivity index is 4.10. The Hall–Kier alpha value is -4.11. The van der Waals surface area contributed by atoms with E-state index in [-0.39, 0.29) is 32.6 Å². The first-order valence-electron chi connectivity index (χ1n) is 26.3. The number of hydrogen-bond donors (Lipinski definition) is 2. The zero-order valence-corrected chi connectivity index (χ0v) is 43.9. The predicted octanol–water partition coefficient (Wildman–Crippen LogP) is 16.4. The highest BCUT2D eigenvalue weighted by Gasteiger charge is 2.26. The molecule has 0 aromatic rings. The van der Waals surface area contributed by atoms with Crippen LogP contribution in [0.25, 0.3) is 0 Å². The molecule has 0 aliphatic heterocycles. The van der Waals surface area contributed by atoms with Gasteiger partial charge >= 0.3 is 19.8 Å². The molecule has 0 aliphatic rings. The van der Waals surface area contributed by atoms with Gasteiger partial charge in [0.2, 0.25) is 0 Å². The fraction of sp³-hybridized carbons (Fsp3) is 0.559. The standard InChI is InChI=1S/C59H94NO8P/c1-3-5-7-9-11-13-15-17-19-20-21-22-23-24-25-26-27-28-29-30-31-32-33-34-35-36-38-40-42-44-46-48-50-52-59(62)68-57(56-67-69(63,64)66-54-53-60)55-65-58(61)51-49-47-45-43-41-39-37-18-16-14-12-10-8-6-4-2/h5-8,11-14,17-19,21-22,24-25,27-28,30-31,33-34,37,41,43,57H,3-4,9-10,15-16,20,23,26,29,32,35-36,38-40,42,44-56,60H2,1-2H3,(H,63,64)/b7-5-,8-6-,13-11-,14-12-,19-17-,22-21-,25-24-,28-27-,31-30-,34-33-,37-18-,43-41-. The second kappa shape index (κ2) is 53.2. The lowest BCUT2D eigenvalue weighted by Gasteiger charge is -2.19. The van der Waals surface area contributed by atoms with Gasteiger partial charge in [-0.25, -0.2) is 4.57 Å². The Kier molecular flexibility index (Phi) is 50.1. The molecule has 388 valence electrons. The predicted molar refractivity (Wildman–Crippen MR) is 293 cm³/mol. The second-order valence-corrected chi connectivity index (χ2v) is 18.1. The Bertz CT molecular complexity index is 1630. The number of unbranched alkanes of at least 4 members (excludes halogenated alkanes) is 10. The molecule has 0 saturated heterocycles. The van der Waals surface area contributed by atoms with Crippen LogP contribution in [0.15, 0.2) is 146 Å². The van der Waals surface area contributed by atoms with Crippen LogP contribution in [0, 0.1) is 0 Å². The maximum atomic E-state index is 12.7. The minimum absolute atomic E-state index is 0.0378. The molecule has 69 heavy (non-hydrogen) atoms. The largest absolute Gasteiger partial charge is 0.472 e. The van der Waals surface area contributed by atoms with Crippen LogP contribution in [0.2, 0.25) is 0 Å². The first kappa shape index (κ1) is 64.9. The third-order valence-corrected chi connectivity index (χ3v) is 11.2. The average Bonchev–Trinajstić information content (AvgIpc) is 3.34. The zero-order chi connectivity index (χ0) is 50.2. The maximum absolute atomic E-state index is 12.7. The van der Waals surface area contributed by atoms with Crippen LogP contribution in [0.4, 0.5) is 0 Å². The molecular formula is C59H94NO8P. The highest BCUT2D eigenvalue weighted by molar-refractivity contribution is 7.47. The molecule has 0 radical (unpaired) electrons. The van der Waals surface area contributed by atoms with Gasteiger partial charge in [0.05, 0.1) is 13.2 Å². The molecule has 0 rings (SSSR count). The van der Waals surface area contributed by atoms with E-state index in [0.29, 0.717) is 12.8 Å². The molecule has 0 amide bonds. The summed E-state index contributed by atoms with van der Waals surface area (Å²) in [6.07, 6.45) is 76.1. The summed E-state index contributed by atoms with van der Waals surface area (Å²) in [5, 5.41) is 0. The first-order chi connectivity index (χ1) is 33.8. The molecule has 0 bridgehead atoms. The van der Waals surface area contributed by atoms with Crippen molar-refractivity contribution in [2.75, 3.05) is 26.4 Å². The van der Waals surface area contributed by atoms with E-state index < -0.39 is 32.5 Å². The van der Waals surface area contributed by atoms with E-state index in [0.717, 1.165) is 116 Å². The molecule has 3 N–H and O–H groups in total. The number of allylic oxidation sites excluding steroid dienone is 24. The summed E-state index contributed by atoms with van der Waals surface area (Å²) in [6.45, 7) is 3.42. The second-order valence-electron chi connectivity index (χ2n) is 16.6. The Morgan fingerprint density at radius 1 is 0.435 bits per heavy atom. The maximum Gasteiger partial charge on any atom is 0.472 e. The summed E-state index contributed by atoms with van der Waals surface area (Å²) in [5.74, 6) is -0.901. The van der Waals surface area contributed by atoms with E-state index in [1.807, 2.05) is 0 Å². The minimum Gasteiger partial charge on any atom is -0.462 e. The van der Waals surface area contributed by atoms with E-state index in [1.54, 1.807) is 0 Å². The Morgan fingerprint density at radius 2 is 0.754 bits per heavy atom. The summed E-state index contributed by atoms with van der Waals surface area (Å²) >= 11 is 0. The highest BCUT2D eigenvalue weighted by atomic mass is 31.2. The van der Waals surface area contributed by atoms with E-state index in [2.05, 4.69) is 160 Å². The first-order valence-corrected chi connectivity index (χ1v) is 27.8. The van der Waals surface area contributed by atoms with Gasteiger partial charge in [-0.2, -0.15) is 0 Å². The Labute approximate surface area is 420 Å². The molecule has 2 unspecified atom stereocenters. The van der Waals surface area contributed by atoms with Crippen LogP contribution in [-0.4, -0.2) is 49.3 Å². The van der Waals surface area contributed by atoms with Crippen LogP contribution in [0.3, 0.4) is 0 Å². The summed E-state index contributed by atoms with van der Waals surface area (Å²) in [6, 6.07) is 0. The molecule has 0 aromatic carbocycles. The average molecular weight is 976 g/mol. The molecule has 0 heterocycles. The number of carbonyl (C=O) groups is 2. The minimum atomic E-state index is -4.41. The van der Waals surface area contributed by atoms with E-state index >= 15 is 0 Å². The molecule has 0 spiro atoms. The van der Waals surface area contributed by atoms with Crippen molar-refractivity contribution in [3.63, 3.8) is 0 Å². The van der Waals surface area contributed by atoms with Gasteiger partial charge in [-0.1, -0.05) is 198 Å². The molecular weight excluding hydrogens is 882 g/mol. The van der Waals surface area contributed by atoms with Crippen molar-refractivity contribution in [2.45, 2.75) is 187 Å². The van der Waals surface area contributed by atoms with Crippen molar-refractivity contribution < 1.29 is 37.6 Å². The number of carbonyl (C=O) groups excluding carboxylic acids is 2. The molecule has 2 atom stereocenters.